The number of hydrogen-bond acceptors (Lipinski definition) is 9. The summed E-state index contributed by atoms with van der Waals surface area (Å²) in [5.74, 6) is 3.13. The van der Waals surface area contributed by atoms with E-state index in [9.17, 15) is 0 Å². The number of aromatic amines is 1. The lowest BCUT2D eigenvalue weighted by molar-refractivity contribution is 0.377. The van der Waals surface area contributed by atoms with Crippen LogP contribution in [0.2, 0.25) is 5.02 Å². The lowest BCUT2D eigenvalue weighted by Crippen LogP contribution is -2.32. The Labute approximate surface area is 216 Å². The van der Waals surface area contributed by atoms with Gasteiger partial charge in [-0.3, -0.25) is 5.10 Å². The number of nitrogens with one attached hydrogen (secondary N) is 1. The molecule has 11 nitrogen and oxygen atoms in total. The van der Waals surface area contributed by atoms with Gasteiger partial charge in [-0.1, -0.05) is 16.8 Å². The van der Waals surface area contributed by atoms with E-state index in [1.807, 2.05) is 38.4 Å². The molecule has 0 unspecified atom stereocenters. The minimum atomic E-state index is -0.117. The zero-order chi connectivity index (χ0) is 25.5. The van der Waals surface area contributed by atoms with Crippen LogP contribution in [-0.4, -0.2) is 61.8 Å². The van der Waals surface area contributed by atoms with E-state index in [2.05, 4.69) is 25.4 Å². The Hall–Kier alpha value is -3.70. The molecule has 12 heteroatoms. The van der Waals surface area contributed by atoms with Crippen molar-refractivity contribution in [2.45, 2.75) is 18.8 Å². The number of benzene rings is 1. The van der Waals surface area contributed by atoms with Crippen molar-refractivity contribution in [3.8, 4) is 17.1 Å². The molecule has 0 amide bonds. The van der Waals surface area contributed by atoms with Crippen molar-refractivity contribution >= 4 is 39.5 Å². The Morgan fingerprint density at radius 3 is 2.95 bits per heavy atom. The van der Waals surface area contributed by atoms with E-state index < -0.39 is 0 Å². The van der Waals surface area contributed by atoms with Crippen LogP contribution in [0.5, 0.6) is 5.88 Å². The summed E-state index contributed by atoms with van der Waals surface area (Å²) in [7, 11) is 3.42. The number of hydrogen-bond donors (Lipinski definition) is 2. The van der Waals surface area contributed by atoms with Crippen LogP contribution in [0.1, 0.15) is 17.9 Å². The molecule has 3 N–H and O–H groups in total. The predicted molar refractivity (Wildman–Crippen MR) is 139 cm³/mol. The molecule has 7 rings (SSSR count). The summed E-state index contributed by atoms with van der Waals surface area (Å²) in [5, 5.41) is 17.6. The van der Waals surface area contributed by atoms with Crippen LogP contribution < -0.4 is 15.4 Å². The normalized spacial score (nSPS) is 23.1. The highest BCUT2D eigenvalue weighted by molar-refractivity contribution is 6.39. The lowest BCUT2D eigenvalue weighted by atomic mass is 9.97. The molecule has 0 spiro atoms. The number of ether oxygens (including phenoxy) is 1. The van der Waals surface area contributed by atoms with Gasteiger partial charge in [-0.05, 0) is 37.3 Å². The van der Waals surface area contributed by atoms with E-state index in [1.165, 1.54) is 0 Å². The number of H-pyrrole nitrogens is 1. The monoisotopic (exact) mass is 519 g/mol. The van der Waals surface area contributed by atoms with E-state index in [-0.39, 0.29) is 5.41 Å². The average molecular weight is 520 g/mol. The van der Waals surface area contributed by atoms with E-state index in [1.54, 1.807) is 11.8 Å². The van der Waals surface area contributed by atoms with E-state index >= 15 is 0 Å². The molecule has 1 aromatic carbocycles. The number of aryl methyl sites for hydroxylation is 2. The molecule has 37 heavy (non-hydrogen) atoms. The molecule has 5 heterocycles. The van der Waals surface area contributed by atoms with E-state index in [0.29, 0.717) is 46.1 Å². The molecule has 190 valence electrons. The summed E-state index contributed by atoms with van der Waals surface area (Å²) in [6.07, 6.45) is 2.83. The van der Waals surface area contributed by atoms with Gasteiger partial charge < -0.3 is 19.9 Å². The van der Waals surface area contributed by atoms with E-state index in [4.69, 9.17) is 36.6 Å². The maximum Gasteiger partial charge on any atom is 0.220 e. The molecule has 2 aliphatic rings. The molecular weight excluding hydrogens is 494 g/mol. The fourth-order valence-corrected chi connectivity index (χ4v) is 6.66. The number of rotatable bonds is 5. The van der Waals surface area contributed by atoms with Gasteiger partial charge in [-0.15, -0.1) is 0 Å². The summed E-state index contributed by atoms with van der Waals surface area (Å²) < 4.78 is 12.6. The van der Waals surface area contributed by atoms with Gasteiger partial charge in [0.15, 0.2) is 5.65 Å². The van der Waals surface area contributed by atoms with Crippen LogP contribution in [0.3, 0.4) is 0 Å². The van der Waals surface area contributed by atoms with Crippen LogP contribution in [0.4, 0.5) is 5.82 Å². The topological polar surface area (TPSA) is 137 Å². The van der Waals surface area contributed by atoms with Gasteiger partial charge in [0, 0.05) is 43.7 Å². The first-order valence-corrected chi connectivity index (χ1v) is 12.6. The summed E-state index contributed by atoms with van der Waals surface area (Å²) >= 11 is 6.83. The average Bonchev–Trinajstić information content (AvgIpc) is 3.25. The highest BCUT2D eigenvalue weighted by Gasteiger charge is 2.67. The second-order valence-corrected chi connectivity index (χ2v) is 10.3. The van der Waals surface area contributed by atoms with Gasteiger partial charge in [-0.25, -0.2) is 14.6 Å². The molecule has 0 bridgehead atoms. The van der Waals surface area contributed by atoms with Gasteiger partial charge in [-0.2, -0.15) is 10.2 Å². The van der Waals surface area contributed by atoms with Crippen LogP contribution in [0.15, 0.2) is 28.9 Å². The highest BCUT2D eigenvalue weighted by atomic mass is 35.5. The van der Waals surface area contributed by atoms with Crippen molar-refractivity contribution < 1.29 is 9.26 Å². The largest absolute Gasteiger partial charge is 0.481 e. The maximum atomic E-state index is 6.83. The first kappa shape index (κ1) is 22.5. The number of methoxy groups -OCH3 is 1. The fourth-order valence-electron chi connectivity index (χ4n) is 6.33. The molecular formula is C25H26ClN9O2. The standard InChI is InChI=1S/C25H26ClN9O2/c1-12-8-17(33-37-12)25(11-27)14-6-7-35(10-15(14)25)18-9-28-22-21(30-31-23(22)29-18)13-4-5-16-19(20(13)26)24(36-3)34(2)32-16/h4-5,8-9,14-15H,6-7,10-11,27H2,1-3H3,(H,29,30,31)/t14-,15+,25+/m1/s1. The Kier molecular flexibility index (Phi) is 4.80. The molecule has 1 aliphatic heterocycles. The second kappa shape index (κ2) is 7.90. The summed E-state index contributed by atoms with van der Waals surface area (Å²) in [6, 6.07) is 5.83. The molecule has 1 saturated heterocycles. The number of nitrogens with zero attached hydrogens (tertiary/aromatic N) is 7. The van der Waals surface area contributed by atoms with Gasteiger partial charge in [0.1, 0.15) is 22.8 Å². The second-order valence-electron chi connectivity index (χ2n) is 9.97. The fraction of sp³-hybridized carbons (Fsp3) is 0.400. The Bertz CT molecular complexity index is 1670. The van der Waals surface area contributed by atoms with Gasteiger partial charge in [0.25, 0.3) is 0 Å². The van der Waals surface area contributed by atoms with Crippen LogP contribution in [-0.2, 0) is 12.5 Å². The van der Waals surface area contributed by atoms with Crippen molar-refractivity contribution in [1.82, 2.24) is 35.1 Å². The molecule has 1 saturated carbocycles. The minimum Gasteiger partial charge on any atom is -0.481 e. The summed E-state index contributed by atoms with van der Waals surface area (Å²) in [4.78, 5) is 11.9. The van der Waals surface area contributed by atoms with Gasteiger partial charge >= 0.3 is 0 Å². The minimum absolute atomic E-state index is 0.117. The van der Waals surface area contributed by atoms with Crippen LogP contribution >= 0.6 is 11.6 Å². The molecule has 2 fully saturated rings. The van der Waals surface area contributed by atoms with Crippen molar-refractivity contribution in [3.63, 3.8) is 0 Å². The molecule has 5 aromatic rings. The Morgan fingerprint density at radius 2 is 2.19 bits per heavy atom. The SMILES string of the molecule is COc1c2c(Cl)c(-c3n[nH]c4nc(N5CC[C@@H]6[C@H](C5)[C@@]6(CN)c5cc(C)on5)cnc34)ccc2nn1C. The van der Waals surface area contributed by atoms with E-state index in [0.717, 1.165) is 53.2 Å². The lowest BCUT2D eigenvalue weighted by Gasteiger charge is -2.26. The smallest absolute Gasteiger partial charge is 0.220 e. The Balaban J connectivity index is 1.21. The molecule has 1 aliphatic carbocycles. The molecule has 0 radical (unpaired) electrons. The molecule has 3 atom stereocenters. The quantitative estimate of drug-likeness (QED) is 0.358. The number of nitrogens with two attached hydrogens (primary N) is 1. The maximum absolute atomic E-state index is 6.83. The first-order chi connectivity index (χ1) is 18.0. The number of halogens is 1. The van der Waals surface area contributed by atoms with Gasteiger partial charge in [0.2, 0.25) is 5.88 Å². The highest BCUT2D eigenvalue weighted by Crippen LogP contribution is 2.62. The summed E-state index contributed by atoms with van der Waals surface area (Å²) in [6.45, 7) is 4.20. The Morgan fingerprint density at radius 1 is 1.32 bits per heavy atom. The van der Waals surface area contributed by atoms with Crippen molar-refractivity contribution in [2.75, 3.05) is 31.6 Å². The number of fused-ring (bicyclic) bond motifs is 3. The third-order valence-electron chi connectivity index (χ3n) is 8.19. The number of anilines is 1. The molecule has 4 aromatic heterocycles. The third kappa shape index (κ3) is 3.07. The number of piperidine rings is 1. The number of aromatic nitrogens is 7. The van der Waals surface area contributed by atoms with Crippen LogP contribution in [0.25, 0.3) is 33.3 Å². The zero-order valence-corrected chi connectivity index (χ0v) is 21.5. The zero-order valence-electron chi connectivity index (χ0n) is 20.7. The predicted octanol–water partition coefficient (Wildman–Crippen LogP) is 3.22. The third-order valence-corrected chi connectivity index (χ3v) is 8.58. The van der Waals surface area contributed by atoms with Crippen molar-refractivity contribution in [3.05, 3.63) is 40.9 Å². The van der Waals surface area contributed by atoms with Gasteiger partial charge in [0.05, 0.1) is 34.9 Å². The van der Waals surface area contributed by atoms with Crippen molar-refractivity contribution in [2.24, 2.45) is 24.6 Å². The first-order valence-electron chi connectivity index (χ1n) is 12.3. The van der Waals surface area contributed by atoms with Crippen molar-refractivity contribution in [1.29, 1.82) is 0 Å². The van der Waals surface area contributed by atoms with Crippen LogP contribution in [0, 0.1) is 18.8 Å². The summed E-state index contributed by atoms with van der Waals surface area (Å²) in [5.41, 5.74) is 10.5.